The lowest BCUT2D eigenvalue weighted by atomic mass is 9.98. The second-order valence-corrected chi connectivity index (χ2v) is 6.31. The molecule has 3 rings (SSSR count). The van der Waals surface area contributed by atoms with Gasteiger partial charge < -0.3 is 10.6 Å². The maximum atomic E-state index is 12.6. The highest BCUT2D eigenvalue weighted by Crippen LogP contribution is 2.27. The molecule has 1 aromatic carbocycles. The second kappa shape index (κ2) is 4.90. The largest absolute Gasteiger partial charge is 0.398 e. The van der Waals surface area contributed by atoms with Gasteiger partial charge in [-0.3, -0.25) is 4.79 Å². The number of hydrogen-bond acceptors (Lipinski definition) is 4. The lowest BCUT2D eigenvalue weighted by molar-refractivity contribution is 0.0739. The van der Waals surface area contributed by atoms with Crippen molar-refractivity contribution in [2.45, 2.75) is 26.8 Å². The fraction of sp³-hybridized carbons (Fsp3) is 0.333. The number of amides is 1. The zero-order valence-corrected chi connectivity index (χ0v) is 12.5. The molecule has 0 radical (unpaired) electrons. The smallest absolute Gasteiger partial charge is 0.266 e. The minimum Gasteiger partial charge on any atom is -0.398 e. The van der Waals surface area contributed by atoms with Crippen molar-refractivity contribution in [3.8, 4) is 0 Å². The summed E-state index contributed by atoms with van der Waals surface area (Å²) in [5, 5.41) is 0.933. The van der Waals surface area contributed by atoms with E-state index in [0.717, 1.165) is 39.8 Å². The number of hydrogen-bond donors (Lipinski definition) is 1. The summed E-state index contributed by atoms with van der Waals surface area (Å²) in [5.41, 5.74) is 9.97. The Morgan fingerprint density at radius 3 is 2.90 bits per heavy atom. The van der Waals surface area contributed by atoms with Crippen LogP contribution in [0.5, 0.6) is 0 Å². The summed E-state index contributed by atoms with van der Waals surface area (Å²) in [6.45, 7) is 5.16. The third kappa shape index (κ3) is 2.18. The van der Waals surface area contributed by atoms with E-state index in [1.807, 2.05) is 30.9 Å². The number of fused-ring (bicyclic) bond motifs is 1. The molecule has 0 aliphatic carbocycles. The van der Waals surface area contributed by atoms with Gasteiger partial charge in [-0.2, -0.15) is 0 Å². The Morgan fingerprint density at radius 2 is 2.20 bits per heavy atom. The van der Waals surface area contributed by atoms with Crippen molar-refractivity contribution in [3.05, 3.63) is 44.9 Å². The molecule has 2 aromatic rings. The van der Waals surface area contributed by atoms with Crippen molar-refractivity contribution in [3.63, 3.8) is 0 Å². The number of carbonyl (C=O) groups is 1. The Morgan fingerprint density at radius 1 is 1.40 bits per heavy atom. The molecule has 2 heterocycles. The van der Waals surface area contributed by atoms with E-state index in [1.165, 1.54) is 16.9 Å². The maximum absolute atomic E-state index is 12.6. The molecule has 1 aromatic heterocycles. The quantitative estimate of drug-likeness (QED) is 0.820. The van der Waals surface area contributed by atoms with Crippen LogP contribution in [0.2, 0.25) is 0 Å². The molecule has 0 bridgehead atoms. The molecule has 0 fully saturated rings. The lowest BCUT2D eigenvalue weighted by Crippen LogP contribution is -2.36. The number of carbonyl (C=O) groups excluding carboxylic acids is 1. The number of rotatable bonds is 1. The predicted octanol–water partition coefficient (Wildman–Crippen LogP) is 2.54. The molecule has 0 atom stereocenters. The number of aromatic nitrogens is 1. The molecule has 0 saturated carbocycles. The minimum atomic E-state index is 0.0713. The van der Waals surface area contributed by atoms with Crippen LogP contribution in [0.4, 0.5) is 5.69 Å². The Kier molecular flexibility index (Phi) is 3.22. The van der Waals surface area contributed by atoms with Gasteiger partial charge in [-0.05, 0) is 37.5 Å². The Labute approximate surface area is 122 Å². The van der Waals surface area contributed by atoms with Gasteiger partial charge >= 0.3 is 0 Å². The summed E-state index contributed by atoms with van der Waals surface area (Å²) >= 11 is 1.47. The van der Waals surface area contributed by atoms with Crippen LogP contribution in [0.1, 0.15) is 31.5 Å². The number of nitrogens with zero attached hydrogens (tertiary/aromatic N) is 2. The van der Waals surface area contributed by atoms with Crippen molar-refractivity contribution in [1.82, 2.24) is 9.88 Å². The first-order valence-electron chi connectivity index (χ1n) is 6.66. The van der Waals surface area contributed by atoms with E-state index in [4.69, 9.17) is 5.73 Å². The summed E-state index contributed by atoms with van der Waals surface area (Å²) in [6.07, 6.45) is 0.864. The van der Waals surface area contributed by atoms with Gasteiger partial charge in [-0.25, -0.2) is 4.98 Å². The maximum Gasteiger partial charge on any atom is 0.266 e. The van der Waals surface area contributed by atoms with Gasteiger partial charge in [-0.1, -0.05) is 12.1 Å². The number of anilines is 1. The van der Waals surface area contributed by atoms with Crippen LogP contribution in [0.3, 0.4) is 0 Å². The van der Waals surface area contributed by atoms with Crippen LogP contribution < -0.4 is 5.73 Å². The number of benzene rings is 1. The van der Waals surface area contributed by atoms with Gasteiger partial charge in [0.25, 0.3) is 5.91 Å². The van der Waals surface area contributed by atoms with Gasteiger partial charge in [0.15, 0.2) is 0 Å². The van der Waals surface area contributed by atoms with Crippen LogP contribution in [0.25, 0.3) is 0 Å². The average molecular weight is 287 g/mol. The van der Waals surface area contributed by atoms with Gasteiger partial charge in [0.2, 0.25) is 0 Å². The number of thiazole rings is 1. The Balaban J connectivity index is 1.89. The highest BCUT2D eigenvalue weighted by molar-refractivity contribution is 7.13. The molecule has 0 spiro atoms. The summed E-state index contributed by atoms with van der Waals surface area (Å²) in [6, 6.07) is 5.97. The third-order valence-electron chi connectivity index (χ3n) is 3.69. The van der Waals surface area contributed by atoms with E-state index < -0.39 is 0 Å². The zero-order chi connectivity index (χ0) is 14.3. The summed E-state index contributed by atoms with van der Waals surface area (Å²) in [5.74, 6) is 0.0713. The molecule has 104 valence electrons. The van der Waals surface area contributed by atoms with Gasteiger partial charge in [-0.15, -0.1) is 11.3 Å². The van der Waals surface area contributed by atoms with Crippen LogP contribution >= 0.6 is 11.3 Å². The standard InChI is InChI=1S/C15H17N3OS/c1-9-14(20-10(2)17-9)15(19)18-7-6-11-4-3-5-13(16)12(11)8-18/h3-5H,6-8,16H2,1-2H3. The predicted molar refractivity (Wildman–Crippen MR) is 80.9 cm³/mol. The fourth-order valence-electron chi connectivity index (χ4n) is 2.65. The van der Waals surface area contributed by atoms with Crippen molar-refractivity contribution >= 4 is 22.9 Å². The van der Waals surface area contributed by atoms with E-state index in [-0.39, 0.29) is 5.91 Å². The van der Waals surface area contributed by atoms with Crippen LogP contribution in [0.15, 0.2) is 18.2 Å². The summed E-state index contributed by atoms with van der Waals surface area (Å²) in [4.78, 5) is 19.6. The third-order valence-corrected chi connectivity index (χ3v) is 4.76. The molecule has 2 N–H and O–H groups in total. The molecular weight excluding hydrogens is 270 g/mol. The van der Waals surface area contributed by atoms with Gasteiger partial charge in [0, 0.05) is 18.8 Å². The van der Waals surface area contributed by atoms with Crippen LogP contribution in [-0.4, -0.2) is 22.3 Å². The first-order valence-corrected chi connectivity index (χ1v) is 7.47. The van der Waals surface area contributed by atoms with Gasteiger partial charge in [0.1, 0.15) is 4.88 Å². The van der Waals surface area contributed by atoms with Gasteiger partial charge in [0.05, 0.1) is 10.7 Å². The lowest BCUT2D eigenvalue weighted by Gasteiger charge is -2.29. The number of nitrogens with two attached hydrogens (primary N) is 1. The summed E-state index contributed by atoms with van der Waals surface area (Å²) < 4.78 is 0. The highest BCUT2D eigenvalue weighted by atomic mass is 32.1. The SMILES string of the molecule is Cc1nc(C)c(C(=O)N2CCc3cccc(N)c3C2)s1. The second-order valence-electron chi connectivity index (χ2n) is 5.11. The van der Waals surface area contributed by atoms with E-state index >= 15 is 0 Å². The summed E-state index contributed by atoms with van der Waals surface area (Å²) in [7, 11) is 0. The zero-order valence-electron chi connectivity index (χ0n) is 11.6. The van der Waals surface area contributed by atoms with Crippen molar-refractivity contribution in [2.75, 3.05) is 12.3 Å². The topological polar surface area (TPSA) is 59.2 Å². The molecule has 1 amide bonds. The average Bonchev–Trinajstić information content (AvgIpc) is 2.77. The molecule has 0 unspecified atom stereocenters. The first-order chi connectivity index (χ1) is 9.56. The number of aryl methyl sites for hydroxylation is 2. The van der Waals surface area contributed by atoms with Crippen molar-refractivity contribution < 1.29 is 4.79 Å². The van der Waals surface area contributed by atoms with Crippen LogP contribution in [-0.2, 0) is 13.0 Å². The Hall–Kier alpha value is -1.88. The highest BCUT2D eigenvalue weighted by Gasteiger charge is 2.25. The number of nitrogen functional groups attached to an aromatic ring is 1. The molecular formula is C15H17N3OS. The van der Waals surface area contributed by atoms with E-state index in [2.05, 4.69) is 11.1 Å². The molecule has 0 saturated heterocycles. The fourth-order valence-corrected chi connectivity index (χ4v) is 3.54. The minimum absolute atomic E-state index is 0.0713. The van der Waals surface area contributed by atoms with Crippen molar-refractivity contribution in [2.24, 2.45) is 0 Å². The normalized spacial score (nSPS) is 14.2. The molecule has 4 nitrogen and oxygen atoms in total. The molecule has 1 aliphatic heterocycles. The monoisotopic (exact) mass is 287 g/mol. The molecule has 20 heavy (non-hydrogen) atoms. The molecule has 1 aliphatic rings. The first kappa shape index (κ1) is 13.1. The Bertz CT molecular complexity index is 678. The van der Waals surface area contributed by atoms with Crippen LogP contribution in [0, 0.1) is 13.8 Å². The van der Waals surface area contributed by atoms with E-state index in [0.29, 0.717) is 6.54 Å². The van der Waals surface area contributed by atoms with E-state index in [9.17, 15) is 4.79 Å². The van der Waals surface area contributed by atoms with Crippen molar-refractivity contribution in [1.29, 1.82) is 0 Å². The molecule has 5 heteroatoms. The van der Waals surface area contributed by atoms with E-state index in [1.54, 1.807) is 0 Å².